The number of benzene rings is 1. The summed E-state index contributed by atoms with van der Waals surface area (Å²) in [4.78, 5) is 46.4. The highest BCUT2D eigenvalue weighted by atomic mass is 32.2. The summed E-state index contributed by atoms with van der Waals surface area (Å²) in [6, 6.07) is 6.84. The third kappa shape index (κ3) is 4.20. The number of ketones is 1. The van der Waals surface area contributed by atoms with Gasteiger partial charge in [-0.25, -0.2) is 4.98 Å². The van der Waals surface area contributed by atoms with Gasteiger partial charge in [0.15, 0.2) is 10.9 Å². The van der Waals surface area contributed by atoms with Gasteiger partial charge < -0.3 is 10.3 Å². The van der Waals surface area contributed by atoms with E-state index in [0.717, 1.165) is 29.7 Å². The first-order valence-corrected chi connectivity index (χ1v) is 11.6. The molecule has 2 atom stereocenters. The van der Waals surface area contributed by atoms with E-state index in [1.165, 1.54) is 23.6 Å². The molecule has 0 spiro atoms. The predicted octanol–water partition coefficient (Wildman–Crippen LogP) is 4.43. The smallest absolute Gasteiger partial charge is 0.260 e. The molecule has 0 saturated carbocycles. The number of aryl methyl sites for hydroxylation is 1. The minimum Gasteiger partial charge on any atom is -0.325 e. The van der Waals surface area contributed by atoms with Crippen molar-refractivity contribution in [3.05, 3.63) is 50.6 Å². The maximum absolute atomic E-state index is 12.7. The molecule has 8 heteroatoms. The van der Waals surface area contributed by atoms with Gasteiger partial charge in [0, 0.05) is 16.1 Å². The second kappa shape index (κ2) is 8.35. The van der Waals surface area contributed by atoms with Crippen LogP contribution in [0.15, 0.2) is 34.2 Å². The topological polar surface area (TPSA) is 91.9 Å². The molecule has 1 aliphatic carbocycles. The highest BCUT2D eigenvalue weighted by molar-refractivity contribution is 8.00. The van der Waals surface area contributed by atoms with Gasteiger partial charge in [-0.15, -0.1) is 11.3 Å². The zero-order chi connectivity index (χ0) is 21.4. The molecule has 1 amide bonds. The monoisotopic (exact) mass is 441 g/mol. The van der Waals surface area contributed by atoms with Gasteiger partial charge >= 0.3 is 0 Å². The Morgan fingerprint density at radius 3 is 2.93 bits per heavy atom. The van der Waals surface area contributed by atoms with Gasteiger partial charge in [0.05, 0.1) is 10.6 Å². The number of thiophene rings is 1. The molecule has 156 valence electrons. The van der Waals surface area contributed by atoms with Gasteiger partial charge in [0.1, 0.15) is 4.83 Å². The second-order valence-electron chi connectivity index (χ2n) is 7.79. The fourth-order valence-electron chi connectivity index (χ4n) is 3.67. The van der Waals surface area contributed by atoms with Crippen molar-refractivity contribution in [1.29, 1.82) is 0 Å². The van der Waals surface area contributed by atoms with E-state index in [2.05, 4.69) is 22.2 Å². The lowest BCUT2D eigenvalue weighted by molar-refractivity contribution is -0.115. The van der Waals surface area contributed by atoms with Gasteiger partial charge in [-0.2, -0.15) is 0 Å². The molecular formula is C22H23N3O3S2. The highest BCUT2D eigenvalue weighted by Gasteiger charge is 2.24. The molecule has 30 heavy (non-hydrogen) atoms. The lowest BCUT2D eigenvalue weighted by atomic mass is 9.89. The molecule has 4 rings (SSSR count). The summed E-state index contributed by atoms with van der Waals surface area (Å²) in [5, 5.41) is 3.51. The summed E-state index contributed by atoms with van der Waals surface area (Å²) in [6.45, 7) is 5.49. The Morgan fingerprint density at radius 1 is 1.37 bits per heavy atom. The largest absolute Gasteiger partial charge is 0.325 e. The number of hydrogen-bond donors (Lipinski definition) is 2. The highest BCUT2D eigenvalue weighted by Crippen LogP contribution is 2.36. The van der Waals surface area contributed by atoms with Crippen molar-refractivity contribution in [3.63, 3.8) is 0 Å². The Balaban J connectivity index is 1.52. The van der Waals surface area contributed by atoms with Crippen molar-refractivity contribution >= 4 is 50.7 Å². The molecule has 1 aromatic carbocycles. The summed E-state index contributed by atoms with van der Waals surface area (Å²) in [6.07, 6.45) is 3.01. The van der Waals surface area contributed by atoms with Crippen LogP contribution in [-0.4, -0.2) is 26.9 Å². The number of carbonyl (C=O) groups is 2. The average molecular weight is 442 g/mol. The normalized spacial score (nSPS) is 16.8. The maximum Gasteiger partial charge on any atom is 0.260 e. The number of anilines is 1. The summed E-state index contributed by atoms with van der Waals surface area (Å²) >= 11 is 2.82. The summed E-state index contributed by atoms with van der Waals surface area (Å²) in [7, 11) is 0. The van der Waals surface area contributed by atoms with Crippen molar-refractivity contribution in [2.45, 2.75) is 50.4 Å². The number of amides is 1. The van der Waals surface area contributed by atoms with E-state index in [1.54, 1.807) is 42.5 Å². The summed E-state index contributed by atoms with van der Waals surface area (Å²) in [5.41, 5.74) is 2.13. The van der Waals surface area contributed by atoms with E-state index in [4.69, 9.17) is 0 Å². The van der Waals surface area contributed by atoms with Crippen LogP contribution in [0, 0.1) is 5.92 Å². The molecule has 2 aromatic heterocycles. The number of H-pyrrole nitrogens is 1. The van der Waals surface area contributed by atoms with Crippen molar-refractivity contribution in [3.8, 4) is 0 Å². The molecule has 1 aliphatic rings. The van der Waals surface area contributed by atoms with Gasteiger partial charge in [-0.1, -0.05) is 30.8 Å². The van der Waals surface area contributed by atoms with E-state index in [1.807, 2.05) is 0 Å². The zero-order valence-electron chi connectivity index (χ0n) is 17.1. The zero-order valence-corrected chi connectivity index (χ0v) is 18.7. The van der Waals surface area contributed by atoms with Gasteiger partial charge in [-0.3, -0.25) is 14.4 Å². The number of fused-ring (bicyclic) bond motifs is 3. The minimum atomic E-state index is -0.471. The van der Waals surface area contributed by atoms with Crippen LogP contribution in [0.3, 0.4) is 0 Å². The van der Waals surface area contributed by atoms with E-state index in [0.29, 0.717) is 27.7 Å². The van der Waals surface area contributed by atoms with Crippen LogP contribution in [0.5, 0.6) is 0 Å². The van der Waals surface area contributed by atoms with Gasteiger partial charge in [-0.05, 0) is 56.7 Å². The first-order chi connectivity index (χ1) is 14.3. The molecule has 2 N–H and O–H groups in total. The number of thioether (sulfide) groups is 1. The number of nitrogens with one attached hydrogen (secondary N) is 2. The predicted molar refractivity (Wildman–Crippen MR) is 122 cm³/mol. The van der Waals surface area contributed by atoms with E-state index in [9.17, 15) is 14.4 Å². The average Bonchev–Trinajstić information content (AvgIpc) is 3.05. The number of carbonyl (C=O) groups excluding carboxylic acids is 2. The molecule has 0 radical (unpaired) electrons. The molecule has 0 bridgehead atoms. The van der Waals surface area contributed by atoms with Crippen LogP contribution in [0.4, 0.5) is 5.69 Å². The van der Waals surface area contributed by atoms with Crippen molar-refractivity contribution in [2.75, 3.05) is 5.32 Å². The number of aromatic nitrogens is 2. The quantitative estimate of drug-likeness (QED) is 0.347. The maximum atomic E-state index is 12.7. The lowest BCUT2D eigenvalue weighted by Gasteiger charge is -2.17. The van der Waals surface area contributed by atoms with Crippen LogP contribution in [0.1, 0.15) is 48.0 Å². The lowest BCUT2D eigenvalue weighted by Crippen LogP contribution is -2.23. The van der Waals surface area contributed by atoms with Crippen LogP contribution >= 0.6 is 23.1 Å². The fourth-order valence-corrected chi connectivity index (χ4v) is 5.90. The molecule has 6 nitrogen and oxygen atoms in total. The molecule has 3 aromatic rings. The summed E-state index contributed by atoms with van der Waals surface area (Å²) in [5.74, 6) is 0.350. The van der Waals surface area contributed by atoms with Crippen LogP contribution in [-0.2, 0) is 17.6 Å². The second-order valence-corrected chi connectivity index (χ2v) is 10.2. The minimum absolute atomic E-state index is 0.0587. The molecule has 2 heterocycles. The van der Waals surface area contributed by atoms with Crippen LogP contribution < -0.4 is 10.9 Å². The third-order valence-corrected chi connectivity index (χ3v) is 7.47. The molecule has 0 fully saturated rings. The third-order valence-electron chi connectivity index (χ3n) is 5.34. The van der Waals surface area contributed by atoms with E-state index in [-0.39, 0.29) is 17.2 Å². The van der Waals surface area contributed by atoms with Crippen LogP contribution in [0.2, 0.25) is 0 Å². The molecule has 0 aliphatic heterocycles. The standard InChI is InChI=1S/C22H23N3O3S2/c1-11-7-8-16-17(9-11)30-21-18(16)20(28)24-22(25-21)29-13(3)19(27)23-15-6-4-5-14(10-15)12(2)26/h4-6,10-11,13H,7-9H2,1-3H3,(H,23,27)(H,24,25,28). The number of rotatable bonds is 5. The molecule has 0 saturated heterocycles. The first-order valence-electron chi connectivity index (χ1n) is 9.95. The van der Waals surface area contributed by atoms with E-state index >= 15 is 0 Å². The number of Topliss-reactive ketones (excluding diaryl/α,β-unsaturated/α-hetero) is 1. The van der Waals surface area contributed by atoms with Gasteiger partial charge in [0.25, 0.3) is 5.56 Å². The van der Waals surface area contributed by atoms with Crippen molar-refractivity contribution in [1.82, 2.24) is 9.97 Å². The molecular weight excluding hydrogens is 418 g/mol. The summed E-state index contributed by atoms with van der Waals surface area (Å²) < 4.78 is 0. The Bertz CT molecular complexity index is 1200. The van der Waals surface area contributed by atoms with Crippen molar-refractivity contribution < 1.29 is 9.59 Å². The van der Waals surface area contributed by atoms with Crippen LogP contribution in [0.25, 0.3) is 10.2 Å². The fraction of sp³-hybridized carbons (Fsp3) is 0.364. The van der Waals surface area contributed by atoms with E-state index < -0.39 is 5.25 Å². The van der Waals surface area contributed by atoms with Crippen molar-refractivity contribution in [2.24, 2.45) is 5.92 Å². The number of hydrogen-bond acceptors (Lipinski definition) is 6. The molecule has 2 unspecified atom stereocenters. The van der Waals surface area contributed by atoms with Gasteiger partial charge in [0.2, 0.25) is 5.91 Å². The Morgan fingerprint density at radius 2 is 2.17 bits per heavy atom. The Labute approximate surface area is 182 Å². The Hall–Kier alpha value is -2.45. The number of aromatic amines is 1. The SMILES string of the molecule is CC(=O)c1cccc(NC(=O)C(C)Sc2nc3sc4c(c3c(=O)[nH]2)CCC(C)C4)c1. The Kier molecular flexibility index (Phi) is 5.79. The number of nitrogens with zero attached hydrogens (tertiary/aromatic N) is 1. The first kappa shape index (κ1) is 20.8.